The first kappa shape index (κ1) is 19.4. The number of methoxy groups -OCH3 is 2. The maximum absolute atomic E-state index is 6.07. The molecule has 0 radical (unpaired) electrons. The zero-order chi connectivity index (χ0) is 18.4. The SMILES string of the molecule is COc1ccc(NC(N)=NCC2CCCOC2C(C)(C)C)cc1OC. The summed E-state index contributed by atoms with van der Waals surface area (Å²) in [6.45, 7) is 8.14. The summed E-state index contributed by atoms with van der Waals surface area (Å²) in [5.74, 6) is 2.11. The number of nitrogens with zero attached hydrogens (tertiary/aromatic N) is 1. The number of ether oxygens (including phenoxy) is 3. The molecular weight excluding hydrogens is 318 g/mol. The molecule has 25 heavy (non-hydrogen) atoms. The van der Waals surface area contributed by atoms with Gasteiger partial charge in [0, 0.05) is 30.8 Å². The van der Waals surface area contributed by atoms with E-state index >= 15 is 0 Å². The second-order valence-electron chi connectivity index (χ2n) is 7.48. The summed E-state index contributed by atoms with van der Waals surface area (Å²) in [5, 5.41) is 3.11. The van der Waals surface area contributed by atoms with Crippen LogP contribution in [0.3, 0.4) is 0 Å². The number of hydrogen-bond acceptors (Lipinski definition) is 4. The van der Waals surface area contributed by atoms with Gasteiger partial charge < -0.3 is 25.3 Å². The highest BCUT2D eigenvalue weighted by atomic mass is 16.5. The van der Waals surface area contributed by atoms with Gasteiger partial charge in [0.05, 0.1) is 20.3 Å². The van der Waals surface area contributed by atoms with Gasteiger partial charge in [0.25, 0.3) is 0 Å². The van der Waals surface area contributed by atoms with Crippen LogP contribution in [0.15, 0.2) is 23.2 Å². The van der Waals surface area contributed by atoms with Crippen molar-refractivity contribution in [3.63, 3.8) is 0 Å². The lowest BCUT2D eigenvalue weighted by Crippen LogP contribution is -2.41. The van der Waals surface area contributed by atoms with Gasteiger partial charge in [-0.25, -0.2) is 0 Å². The lowest BCUT2D eigenvalue weighted by molar-refractivity contribution is -0.0823. The molecule has 0 amide bonds. The molecule has 1 aliphatic heterocycles. The van der Waals surface area contributed by atoms with E-state index in [1.54, 1.807) is 14.2 Å². The highest BCUT2D eigenvalue weighted by Crippen LogP contribution is 2.34. The van der Waals surface area contributed by atoms with Gasteiger partial charge >= 0.3 is 0 Å². The summed E-state index contributed by atoms with van der Waals surface area (Å²) in [6.07, 6.45) is 2.41. The first-order valence-electron chi connectivity index (χ1n) is 8.75. The van der Waals surface area contributed by atoms with E-state index in [4.69, 9.17) is 19.9 Å². The monoisotopic (exact) mass is 349 g/mol. The Kier molecular flexibility index (Phi) is 6.53. The van der Waals surface area contributed by atoms with Crippen LogP contribution in [0.4, 0.5) is 5.69 Å². The topological polar surface area (TPSA) is 78.1 Å². The van der Waals surface area contributed by atoms with E-state index in [1.165, 1.54) is 0 Å². The van der Waals surface area contributed by atoms with Crippen LogP contribution in [0.5, 0.6) is 11.5 Å². The zero-order valence-corrected chi connectivity index (χ0v) is 16.0. The number of nitrogens with one attached hydrogen (secondary N) is 1. The smallest absolute Gasteiger partial charge is 0.193 e. The van der Waals surface area contributed by atoms with Crippen LogP contribution in [-0.2, 0) is 4.74 Å². The van der Waals surface area contributed by atoms with Gasteiger partial charge in [-0.15, -0.1) is 0 Å². The average molecular weight is 349 g/mol. The van der Waals surface area contributed by atoms with Crippen molar-refractivity contribution >= 4 is 11.6 Å². The van der Waals surface area contributed by atoms with Gasteiger partial charge in [-0.05, 0) is 30.4 Å². The Balaban J connectivity index is 2.01. The number of rotatable bonds is 5. The summed E-state index contributed by atoms with van der Waals surface area (Å²) in [4.78, 5) is 4.54. The van der Waals surface area contributed by atoms with Gasteiger partial charge in [-0.1, -0.05) is 20.8 Å². The number of aliphatic imine (C=N–C) groups is 1. The van der Waals surface area contributed by atoms with Crippen LogP contribution >= 0.6 is 0 Å². The molecule has 3 N–H and O–H groups in total. The molecule has 1 aliphatic rings. The van der Waals surface area contributed by atoms with Crippen molar-refractivity contribution in [3.05, 3.63) is 18.2 Å². The predicted octanol–water partition coefficient (Wildman–Crippen LogP) is 3.27. The first-order chi connectivity index (χ1) is 11.8. The minimum Gasteiger partial charge on any atom is -0.493 e. The standard InChI is InChI=1S/C19H31N3O3/c1-19(2,3)17-13(7-6-10-25-17)12-21-18(20)22-14-8-9-15(23-4)16(11-14)24-5/h8-9,11,13,17H,6-7,10,12H2,1-5H3,(H3,20,21,22). The van der Waals surface area contributed by atoms with E-state index in [2.05, 4.69) is 31.1 Å². The lowest BCUT2D eigenvalue weighted by atomic mass is 9.78. The minimum atomic E-state index is 0.103. The summed E-state index contributed by atoms with van der Waals surface area (Å²) in [7, 11) is 3.22. The van der Waals surface area contributed by atoms with Crippen molar-refractivity contribution in [3.8, 4) is 11.5 Å². The summed E-state index contributed by atoms with van der Waals surface area (Å²) in [5.41, 5.74) is 6.98. The fraction of sp³-hybridized carbons (Fsp3) is 0.632. The molecule has 0 aliphatic carbocycles. The molecule has 6 heteroatoms. The molecule has 2 atom stereocenters. The molecule has 1 aromatic rings. The number of benzene rings is 1. The Morgan fingerprint density at radius 1 is 1.28 bits per heavy atom. The Morgan fingerprint density at radius 2 is 2.00 bits per heavy atom. The molecule has 1 saturated heterocycles. The third-order valence-electron chi connectivity index (χ3n) is 4.45. The molecule has 2 unspecified atom stereocenters. The molecule has 1 aromatic carbocycles. The summed E-state index contributed by atoms with van der Waals surface area (Å²) < 4.78 is 16.5. The van der Waals surface area contributed by atoms with Gasteiger partial charge in [-0.3, -0.25) is 4.99 Å². The summed E-state index contributed by atoms with van der Waals surface area (Å²) >= 11 is 0. The zero-order valence-electron chi connectivity index (χ0n) is 16.0. The molecule has 2 rings (SSSR count). The number of nitrogens with two attached hydrogens (primary N) is 1. The predicted molar refractivity (Wildman–Crippen MR) is 102 cm³/mol. The minimum absolute atomic E-state index is 0.103. The number of guanidine groups is 1. The Labute approximate surface area is 150 Å². The van der Waals surface area contributed by atoms with Crippen molar-refractivity contribution in [1.29, 1.82) is 0 Å². The van der Waals surface area contributed by atoms with Crippen LogP contribution in [0, 0.1) is 11.3 Å². The van der Waals surface area contributed by atoms with Crippen LogP contribution in [0.25, 0.3) is 0 Å². The third-order valence-corrected chi connectivity index (χ3v) is 4.45. The van der Waals surface area contributed by atoms with Gasteiger partial charge in [0.2, 0.25) is 0 Å². The van der Waals surface area contributed by atoms with E-state index < -0.39 is 0 Å². The molecule has 0 saturated carbocycles. The van der Waals surface area contributed by atoms with Crippen molar-refractivity contribution in [2.75, 3.05) is 32.7 Å². The fourth-order valence-corrected chi connectivity index (χ4v) is 3.30. The Hall–Kier alpha value is -1.95. The molecule has 0 bridgehead atoms. The normalized spacial score (nSPS) is 21.7. The number of hydrogen-bond donors (Lipinski definition) is 2. The molecule has 6 nitrogen and oxygen atoms in total. The van der Waals surface area contributed by atoms with Crippen molar-refractivity contribution in [2.45, 2.75) is 39.7 Å². The molecule has 140 valence electrons. The van der Waals surface area contributed by atoms with Crippen LogP contribution in [0.2, 0.25) is 0 Å². The molecule has 0 spiro atoms. The molecule has 1 fully saturated rings. The highest BCUT2D eigenvalue weighted by Gasteiger charge is 2.35. The van der Waals surface area contributed by atoms with Crippen LogP contribution in [0.1, 0.15) is 33.6 Å². The van der Waals surface area contributed by atoms with E-state index in [-0.39, 0.29) is 11.5 Å². The van der Waals surface area contributed by atoms with Crippen molar-refractivity contribution < 1.29 is 14.2 Å². The average Bonchev–Trinajstić information content (AvgIpc) is 2.59. The maximum atomic E-state index is 6.07. The molecule has 0 aromatic heterocycles. The van der Waals surface area contributed by atoms with E-state index in [1.807, 2.05) is 18.2 Å². The lowest BCUT2D eigenvalue weighted by Gasteiger charge is -2.39. The van der Waals surface area contributed by atoms with E-state index in [9.17, 15) is 0 Å². The number of anilines is 1. The largest absolute Gasteiger partial charge is 0.493 e. The van der Waals surface area contributed by atoms with E-state index in [0.717, 1.165) is 25.1 Å². The molecule has 1 heterocycles. The van der Waals surface area contributed by atoms with Crippen molar-refractivity contribution in [1.82, 2.24) is 0 Å². The van der Waals surface area contributed by atoms with Crippen LogP contribution < -0.4 is 20.5 Å². The van der Waals surface area contributed by atoms with Gasteiger partial charge in [-0.2, -0.15) is 0 Å². The van der Waals surface area contributed by atoms with Crippen molar-refractivity contribution in [2.24, 2.45) is 22.1 Å². The van der Waals surface area contributed by atoms with Crippen LogP contribution in [-0.4, -0.2) is 39.4 Å². The first-order valence-corrected chi connectivity index (χ1v) is 8.75. The van der Waals surface area contributed by atoms with Gasteiger partial charge in [0.1, 0.15) is 0 Å². The third kappa shape index (κ3) is 5.26. The summed E-state index contributed by atoms with van der Waals surface area (Å²) in [6, 6.07) is 5.55. The fourth-order valence-electron chi connectivity index (χ4n) is 3.30. The Bertz CT molecular complexity index is 596. The Morgan fingerprint density at radius 3 is 2.64 bits per heavy atom. The molecular formula is C19H31N3O3. The second kappa shape index (κ2) is 8.43. The highest BCUT2D eigenvalue weighted by molar-refractivity contribution is 5.92. The second-order valence-corrected chi connectivity index (χ2v) is 7.48. The van der Waals surface area contributed by atoms with Gasteiger partial charge in [0.15, 0.2) is 17.5 Å². The quantitative estimate of drug-likeness (QED) is 0.630. The maximum Gasteiger partial charge on any atom is 0.193 e. The van der Waals surface area contributed by atoms with E-state index in [0.29, 0.717) is 29.9 Å².